The molecule has 0 saturated carbocycles. The monoisotopic (exact) mass is 337 g/mol. The van der Waals surface area contributed by atoms with Gasteiger partial charge in [-0.05, 0) is 54.8 Å². The molecule has 0 radical (unpaired) electrons. The lowest BCUT2D eigenvalue weighted by molar-refractivity contribution is 0.317. The fraction of sp³-hybridized carbons (Fsp3) is 0.333. The van der Waals surface area contributed by atoms with Crippen LogP contribution < -0.4 is 10.1 Å². The van der Waals surface area contributed by atoms with E-state index >= 15 is 0 Å². The molecule has 0 aliphatic carbocycles. The Morgan fingerprint density at radius 2 is 1.95 bits per heavy atom. The van der Waals surface area contributed by atoms with Gasteiger partial charge in [0.05, 0.1) is 6.61 Å². The second-order valence-electron chi connectivity index (χ2n) is 5.16. The third kappa shape index (κ3) is 5.53. The van der Waals surface area contributed by atoms with Crippen LogP contribution in [0.25, 0.3) is 0 Å². The van der Waals surface area contributed by atoms with Gasteiger partial charge >= 0.3 is 0 Å². The zero-order valence-corrected chi connectivity index (χ0v) is 14.3. The minimum atomic E-state index is 0.672. The molecule has 22 heavy (non-hydrogen) atoms. The van der Waals surface area contributed by atoms with Gasteiger partial charge in [-0.3, -0.25) is 0 Å². The molecule has 2 nitrogen and oxygen atoms in total. The number of hydrogen-bond acceptors (Lipinski definition) is 2. The van der Waals surface area contributed by atoms with E-state index in [0.29, 0.717) is 5.02 Å². The number of rotatable bonds is 8. The molecule has 2 aromatic carbocycles. The van der Waals surface area contributed by atoms with Crippen LogP contribution in [0.5, 0.6) is 5.75 Å². The first-order valence-electron chi connectivity index (χ1n) is 7.55. The largest absolute Gasteiger partial charge is 0.494 e. The molecule has 0 unspecified atom stereocenters. The number of hydrogen-bond donors (Lipinski definition) is 1. The highest BCUT2D eigenvalue weighted by Crippen LogP contribution is 2.21. The maximum absolute atomic E-state index is 6.17. The third-order valence-electron chi connectivity index (χ3n) is 3.29. The topological polar surface area (TPSA) is 21.3 Å². The molecule has 0 spiro atoms. The van der Waals surface area contributed by atoms with E-state index in [2.05, 4.69) is 24.4 Å². The Labute approximate surface area is 142 Å². The Morgan fingerprint density at radius 1 is 1.09 bits per heavy atom. The van der Waals surface area contributed by atoms with Crippen molar-refractivity contribution in [2.75, 3.05) is 13.2 Å². The number of halogens is 2. The van der Waals surface area contributed by atoms with Crippen molar-refractivity contribution in [3.8, 4) is 5.75 Å². The van der Waals surface area contributed by atoms with E-state index < -0.39 is 0 Å². The summed E-state index contributed by atoms with van der Waals surface area (Å²) in [7, 11) is 0. The van der Waals surface area contributed by atoms with Gasteiger partial charge in [-0.1, -0.05) is 48.3 Å². The Morgan fingerprint density at radius 3 is 2.73 bits per heavy atom. The smallest absolute Gasteiger partial charge is 0.119 e. The van der Waals surface area contributed by atoms with Crippen molar-refractivity contribution >= 4 is 23.2 Å². The van der Waals surface area contributed by atoms with Crippen molar-refractivity contribution in [1.82, 2.24) is 5.32 Å². The molecular formula is C18H21Cl2NO. The Hall–Kier alpha value is -1.22. The molecule has 118 valence electrons. The number of ether oxygens (including phenoxy) is 1. The van der Waals surface area contributed by atoms with Crippen molar-refractivity contribution in [3.63, 3.8) is 0 Å². The molecule has 0 aliphatic heterocycles. The van der Waals surface area contributed by atoms with Gasteiger partial charge in [0, 0.05) is 16.6 Å². The van der Waals surface area contributed by atoms with Gasteiger partial charge < -0.3 is 10.1 Å². The summed E-state index contributed by atoms with van der Waals surface area (Å²) in [6.45, 7) is 4.54. The van der Waals surface area contributed by atoms with Gasteiger partial charge in [0.2, 0.25) is 0 Å². The third-order valence-corrected chi connectivity index (χ3v) is 3.87. The normalized spacial score (nSPS) is 10.7. The summed E-state index contributed by atoms with van der Waals surface area (Å²) in [5, 5.41) is 4.83. The molecule has 4 heteroatoms. The van der Waals surface area contributed by atoms with E-state index in [1.54, 1.807) is 6.07 Å². The van der Waals surface area contributed by atoms with Gasteiger partial charge in [-0.2, -0.15) is 0 Å². The van der Waals surface area contributed by atoms with Crippen LogP contribution in [0.15, 0.2) is 42.5 Å². The van der Waals surface area contributed by atoms with Crippen LogP contribution in [0.3, 0.4) is 0 Å². The summed E-state index contributed by atoms with van der Waals surface area (Å²) in [6, 6.07) is 13.8. The minimum absolute atomic E-state index is 0.672. The van der Waals surface area contributed by atoms with Crippen LogP contribution in [0.4, 0.5) is 0 Å². The van der Waals surface area contributed by atoms with Gasteiger partial charge in [-0.25, -0.2) is 0 Å². The summed E-state index contributed by atoms with van der Waals surface area (Å²) in [5.41, 5.74) is 2.33. The summed E-state index contributed by atoms with van der Waals surface area (Å²) >= 11 is 12.1. The van der Waals surface area contributed by atoms with Crippen LogP contribution in [0, 0.1) is 0 Å². The highest BCUT2D eigenvalue weighted by Gasteiger charge is 2.01. The van der Waals surface area contributed by atoms with Gasteiger partial charge in [0.15, 0.2) is 0 Å². The second kappa shape index (κ2) is 9.04. The Kier molecular flexibility index (Phi) is 7.04. The summed E-state index contributed by atoms with van der Waals surface area (Å²) in [5.74, 6) is 0.932. The minimum Gasteiger partial charge on any atom is -0.494 e. The summed E-state index contributed by atoms with van der Waals surface area (Å²) in [4.78, 5) is 0. The molecule has 0 heterocycles. The van der Waals surface area contributed by atoms with Crippen molar-refractivity contribution in [3.05, 3.63) is 63.6 Å². The Balaban J connectivity index is 1.78. The molecule has 0 amide bonds. The van der Waals surface area contributed by atoms with Gasteiger partial charge in [-0.15, -0.1) is 0 Å². The van der Waals surface area contributed by atoms with Crippen LogP contribution in [0.2, 0.25) is 10.0 Å². The standard InChI is InChI=1S/C18H21Cl2NO/c1-2-10-22-17-5-3-4-14(11-17)13-21-9-8-15-6-7-16(19)12-18(15)20/h3-7,11-12,21H,2,8-10,13H2,1H3. The highest BCUT2D eigenvalue weighted by atomic mass is 35.5. The predicted molar refractivity (Wildman–Crippen MR) is 94.1 cm³/mol. The molecule has 0 fully saturated rings. The van der Waals surface area contributed by atoms with Crippen molar-refractivity contribution in [2.45, 2.75) is 26.3 Å². The number of benzene rings is 2. The van der Waals surface area contributed by atoms with Gasteiger partial charge in [0.25, 0.3) is 0 Å². The lowest BCUT2D eigenvalue weighted by Crippen LogP contribution is -2.16. The highest BCUT2D eigenvalue weighted by molar-refractivity contribution is 6.35. The first kappa shape index (κ1) is 17.1. The quantitative estimate of drug-likeness (QED) is 0.675. The maximum Gasteiger partial charge on any atom is 0.119 e. The van der Waals surface area contributed by atoms with Crippen molar-refractivity contribution in [1.29, 1.82) is 0 Å². The van der Waals surface area contributed by atoms with E-state index in [-0.39, 0.29) is 0 Å². The molecule has 0 bridgehead atoms. The molecular weight excluding hydrogens is 317 g/mol. The lowest BCUT2D eigenvalue weighted by Gasteiger charge is -2.09. The van der Waals surface area contributed by atoms with Crippen LogP contribution >= 0.6 is 23.2 Å². The molecule has 0 atom stereocenters. The van der Waals surface area contributed by atoms with E-state index in [1.807, 2.05) is 24.3 Å². The fourth-order valence-electron chi connectivity index (χ4n) is 2.15. The molecule has 0 saturated heterocycles. The molecule has 1 N–H and O–H groups in total. The first-order chi connectivity index (χ1) is 10.7. The van der Waals surface area contributed by atoms with Gasteiger partial charge in [0.1, 0.15) is 5.75 Å². The average molecular weight is 338 g/mol. The zero-order chi connectivity index (χ0) is 15.8. The molecule has 2 aromatic rings. The molecule has 0 aliphatic rings. The lowest BCUT2D eigenvalue weighted by atomic mass is 10.1. The van der Waals surface area contributed by atoms with E-state index in [1.165, 1.54) is 5.56 Å². The number of nitrogens with one attached hydrogen (secondary N) is 1. The van der Waals surface area contributed by atoms with Crippen LogP contribution in [-0.4, -0.2) is 13.2 Å². The first-order valence-corrected chi connectivity index (χ1v) is 8.31. The zero-order valence-electron chi connectivity index (χ0n) is 12.7. The van der Waals surface area contributed by atoms with Crippen molar-refractivity contribution < 1.29 is 4.74 Å². The SMILES string of the molecule is CCCOc1cccc(CNCCc2ccc(Cl)cc2Cl)c1. The Bertz CT molecular complexity index is 601. The van der Waals surface area contributed by atoms with Crippen molar-refractivity contribution in [2.24, 2.45) is 0 Å². The fourth-order valence-corrected chi connectivity index (χ4v) is 2.65. The maximum atomic E-state index is 6.17. The second-order valence-corrected chi connectivity index (χ2v) is 6.00. The molecule has 0 aromatic heterocycles. The summed E-state index contributed by atoms with van der Waals surface area (Å²) < 4.78 is 5.64. The summed E-state index contributed by atoms with van der Waals surface area (Å²) in [6.07, 6.45) is 1.90. The van der Waals surface area contributed by atoms with E-state index in [0.717, 1.165) is 48.9 Å². The van der Waals surface area contributed by atoms with Crippen LogP contribution in [-0.2, 0) is 13.0 Å². The predicted octanol–water partition coefficient (Wildman–Crippen LogP) is 5.11. The average Bonchev–Trinajstić information content (AvgIpc) is 2.51. The molecule has 2 rings (SSSR count). The van der Waals surface area contributed by atoms with Crippen LogP contribution in [0.1, 0.15) is 24.5 Å². The van der Waals surface area contributed by atoms with E-state index in [9.17, 15) is 0 Å². The van der Waals surface area contributed by atoms with E-state index in [4.69, 9.17) is 27.9 Å².